The second-order valence-corrected chi connectivity index (χ2v) is 3.11. The third-order valence-electron chi connectivity index (χ3n) is 1.90. The number of methoxy groups -OCH3 is 1. The summed E-state index contributed by atoms with van der Waals surface area (Å²) in [7, 11) is 1.12. The molecule has 0 spiro atoms. The lowest BCUT2D eigenvalue weighted by Crippen LogP contribution is -2.34. The minimum Gasteiger partial charge on any atom is -0.468 e. The summed E-state index contributed by atoms with van der Waals surface area (Å²) in [6.07, 6.45) is 0. The van der Waals surface area contributed by atoms with Crippen LogP contribution < -0.4 is 10.6 Å². The number of carbonyl (C=O) groups excluding carboxylic acids is 2. The number of anilines is 1. The van der Waals surface area contributed by atoms with Gasteiger partial charge in [-0.05, 0) is 12.1 Å². The second-order valence-electron chi connectivity index (χ2n) is 3.11. The zero-order valence-corrected chi connectivity index (χ0v) is 9.22. The van der Waals surface area contributed by atoms with E-state index in [1.807, 2.05) is 10.6 Å². The van der Waals surface area contributed by atoms with Gasteiger partial charge in [0.15, 0.2) is 17.5 Å². The fraction of sp³-hybridized carbons (Fsp3) is 0.200. The molecule has 0 saturated heterocycles. The van der Waals surface area contributed by atoms with Crippen LogP contribution in [0.2, 0.25) is 0 Å². The van der Waals surface area contributed by atoms with Gasteiger partial charge in [0.2, 0.25) is 0 Å². The summed E-state index contributed by atoms with van der Waals surface area (Å²) in [6, 6.07) is 0.560. The number of amides is 2. The monoisotopic (exact) mass is 262 g/mol. The highest BCUT2D eigenvalue weighted by Crippen LogP contribution is 2.19. The first-order valence-corrected chi connectivity index (χ1v) is 4.71. The van der Waals surface area contributed by atoms with Crippen molar-refractivity contribution in [3.8, 4) is 0 Å². The molecule has 0 aliphatic carbocycles. The van der Waals surface area contributed by atoms with Crippen LogP contribution in [0, 0.1) is 17.5 Å². The molecule has 0 fully saturated rings. The van der Waals surface area contributed by atoms with Gasteiger partial charge < -0.3 is 15.4 Å². The molecule has 0 aromatic heterocycles. The molecule has 98 valence electrons. The number of urea groups is 1. The zero-order valence-electron chi connectivity index (χ0n) is 9.22. The van der Waals surface area contributed by atoms with E-state index in [0.29, 0.717) is 6.07 Å². The van der Waals surface area contributed by atoms with E-state index in [4.69, 9.17) is 0 Å². The van der Waals surface area contributed by atoms with Gasteiger partial charge in [-0.2, -0.15) is 0 Å². The number of halogens is 3. The summed E-state index contributed by atoms with van der Waals surface area (Å²) in [5.74, 6) is -5.30. The van der Waals surface area contributed by atoms with Crippen LogP contribution in [0.1, 0.15) is 0 Å². The Labute approximate surface area is 99.9 Å². The van der Waals surface area contributed by atoms with E-state index in [2.05, 4.69) is 4.74 Å². The van der Waals surface area contributed by atoms with Gasteiger partial charge in [0.25, 0.3) is 0 Å². The molecule has 1 rings (SSSR count). The van der Waals surface area contributed by atoms with Gasteiger partial charge in [0.05, 0.1) is 12.8 Å². The molecule has 1 aromatic rings. The van der Waals surface area contributed by atoms with E-state index in [1.165, 1.54) is 0 Å². The van der Waals surface area contributed by atoms with Crippen molar-refractivity contribution in [1.82, 2.24) is 5.32 Å². The Hall–Kier alpha value is -2.25. The van der Waals surface area contributed by atoms with Gasteiger partial charge in [-0.3, -0.25) is 4.79 Å². The van der Waals surface area contributed by atoms with Crippen molar-refractivity contribution in [2.24, 2.45) is 0 Å². The van der Waals surface area contributed by atoms with Crippen LogP contribution in [-0.4, -0.2) is 25.7 Å². The quantitative estimate of drug-likeness (QED) is 0.639. The van der Waals surface area contributed by atoms with Crippen LogP contribution in [0.4, 0.5) is 23.7 Å². The fourth-order valence-electron chi connectivity index (χ4n) is 1.01. The van der Waals surface area contributed by atoms with Gasteiger partial charge in [-0.25, -0.2) is 18.0 Å². The number of hydrogen-bond donors (Lipinski definition) is 2. The van der Waals surface area contributed by atoms with Gasteiger partial charge in [-0.15, -0.1) is 0 Å². The number of ether oxygens (including phenoxy) is 1. The average Bonchev–Trinajstić information content (AvgIpc) is 2.36. The summed E-state index contributed by atoms with van der Waals surface area (Å²) in [5.41, 5.74) is -0.545. The molecule has 1 aromatic carbocycles. The normalized spacial score (nSPS) is 9.78. The number of benzene rings is 1. The predicted molar refractivity (Wildman–Crippen MR) is 55.4 cm³/mol. The molecule has 0 unspecified atom stereocenters. The second kappa shape index (κ2) is 5.89. The minimum atomic E-state index is -1.69. The summed E-state index contributed by atoms with van der Waals surface area (Å²) in [6.45, 7) is -0.437. The van der Waals surface area contributed by atoms with Crippen LogP contribution >= 0.6 is 0 Å². The van der Waals surface area contributed by atoms with Crippen LogP contribution in [0.15, 0.2) is 12.1 Å². The number of rotatable bonds is 3. The molecule has 0 heterocycles. The van der Waals surface area contributed by atoms with Crippen LogP contribution in [0.25, 0.3) is 0 Å². The molecule has 0 bridgehead atoms. The molecule has 2 N–H and O–H groups in total. The lowest BCUT2D eigenvalue weighted by molar-refractivity contribution is -0.139. The summed E-state index contributed by atoms with van der Waals surface area (Å²) in [5, 5.41) is 3.95. The molecule has 0 aliphatic heterocycles. The first-order chi connectivity index (χ1) is 8.45. The lowest BCUT2D eigenvalue weighted by atomic mass is 10.3. The van der Waals surface area contributed by atoms with E-state index < -0.39 is 41.7 Å². The first-order valence-electron chi connectivity index (χ1n) is 4.71. The standard InChI is InChI=1S/C10H9F3N2O3/c1-18-7(16)4-14-10(17)15-6-3-2-5(11)8(12)9(6)13/h2-3H,4H2,1H3,(H2,14,15,17). The largest absolute Gasteiger partial charge is 0.468 e. The summed E-state index contributed by atoms with van der Waals surface area (Å²) in [4.78, 5) is 21.9. The molecule has 0 aliphatic rings. The number of carbonyl (C=O) groups is 2. The molecule has 18 heavy (non-hydrogen) atoms. The molecule has 5 nitrogen and oxygen atoms in total. The number of esters is 1. The van der Waals surface area contributed by atoms with Crippen LogP contribution in [-0.2, 0) is 9.53 Å². The van der Waals surface area contributed by atoms with E-state index in [0.717, 1.165) is 13.2 Å². The Bertz CT molecular complexity index is 480. The van der Waals surface area contributed by atoms with E-state index >= 15 is 0 Å². The van der Waals surface area contributed by atoms with Crippen molar-refractivity contribution >= 4 is 17.7 Å². The maximum Gasteiger partial charge on any atom is 0.325 e. The van der Waals surface area contributed by atoms with E-state index in [9.17, 15) is 22.8 Å². The smallest absolute Gasteiger partial charge is 0.325 e. The molecular weight excluding hydrogens is 253 g/mol. The molecular formula is C10H9F3N2O3. The average molecular weight is 262 g/mol. The highest BCUT2D eigenvalue weighted by Gasteiger charge is 2.15. The Morgan fingerprint density at radius 1 is 1.22 bits per heavy atom. The molecule has 0 radical (unpaired) electrons. The van der Waals surface area contributed by atoms with Crippen molar-refractivity contribution in [3.63, 3.8) is 0 Å². The molecule has 0 atom stereocenters. The third kappa shape index (κ3) is 3.37. The minimum absolute atomic E-state index is 0.437. The molecule has 8 heteroatoms. The van der Waals surface area contributed by atoms with Crippen molar-refractivity contribution in [2.75, 3.05) is 19.0 Å². The van der Waals surface area contributed by atoms with Gasteiger partial charge >= 0.3 is 12.0 Å². The zero-order chi connectivity index (χ0) is 13.7. The lowest BCUT2D eigenvalue weighted by Gasteiger charge is -2.08. The van der Waals surface area contributed by atoms with Crippen molar-refractivity contribution in [3.05, 3.63) is 29.6 Å². The maximum atomic E-state index is 13.1. The third-order valence-corrected chi connectivity index (χ3v) is 1.90. The van der Waals surface area contributed by atoms with Crippen LogP contribution in [0.3, 0.4) is 0 Å². The number of hydrogen-bond acceptors (Lipinski definition) is 3. The van der Waals surface area contributed by atoms with Gasteiger partial charge in [0.1, 0.15) is 6.54 Å². The number of nitrogens with one attached hydrogen (secondary N) is 2. The predicted octanol–water partition coefficient (Wildman–Crippen LogP) is 1.40. The fourth-order valence-corrected chi connectivity index (χ4v) is 1.01. The maximum absolute atomic E-state index is 13.1. The van der Waals surface area contributed by atoms with Crippen LogP contribution in [0.5, 0.6) is 0 Å². The highest BCUT2D eigenvalue weighted by molar-refractivity contribution is 5.91. The topological polar surface area (TPSA) is 67.4 Å². The van der Waals surface area contributed by atoms with E-state index in [1.54, 1.807) is 0 Å². The Morgan fingerprint density at radius 3 is 2.50 bits per heavy atom. The van der Waals surface area contributed by atoms with Crippen molar-refractivity contribution in [1.29, 1.82) is 0 Å². The highest BCUT2D eigenvalue weighted by atomic mass is 19.2. The Balaban J connectivity index is 2.65. The van der Waals surface area contributed by atoms with Gasteiger partial charge in [-0.1, -0.05) is 0 Å². The Morgan fingerprint density at radius 2 is 1.89 bits per heavy atom. The van der Waals surface area contributed by atoms with Crippen molar-refractivity contribution in [2.45, 2.75) is 0 Å². The Kier molecular flexibility index (Phi) is 4.52. The molecule has 0 saturated carbocycles. The van der Waals surface area contributed by atoms with Crippen molar-refractivity contribution < 1.29 is 27.5 Å². The SMILES string of the molecule is COC(=O)CNC(=O)Nc1ccc(F)c(F)c1F. The summed E-state index contributed by atoms with van der Waals surface area (Å²) < 4.78 is 42.8. The molecule has 2 amide bonds. The summed E-state index contributed by atoms with van der Waals surface area (Å²) >= 11 is 0. The van der Waals surface area contributed by atoms with E-state index in [-0.39, 0.29) is 0 Å². The van der Waals surface area contributed by atoms with Gasteiger partial charge in [0, 0.05) is 0 Å². The first kappa shape index (κ1) is 13.8.